The van der Waals surface area contributed by atoms with Crippen LogP contribution < -0.4 is 10.1 Å². The maximum atomic E-state index is 12.3. The van der Waals surface area contributed by atoms with Crippen LogP contribution in [0.1, 0.15) is 16.8 Å². The van der Waals surface area contributed by atoms with Crippen molar-refractivity contribution in [3.05, 3.63) is 29.8 Å². The second-order valence-corrected chi connectivity index (χ2v) is 4.57. The molecule has 1 fully saturated rings. The fourth-order valence-corrected chi connectivity index (χ4v) is 2.21. The normalized spacial score (nSPS) is 19.2. The van der Waals surface area contributed by atoms with Crippen LogP contribution in [-0.2, 0) is 0 Å². The number of hydrogen-bond donors (Lipinski definition) is 1. The second-order valence-electron chi connectivity index (χ2n) is 4.57. The van der Waals surface area contributed by atoms with Crippen LogP contribution in [0, 0.1) is 0 Å². The molecular weight excluding hydrogens is 273 g/mol. The van der Waals surface area contributed by atoms with E-state index >= 15 is 0 Å². The molecule has 0 bridgehead atoms. The quantitative estimate of drug-likeness (QED) is 0.925. The first-order valence-electron chi connectivity index (χ1n) is 6.22. The van der Waals surface area contributed by atoms with Crippen molar-refractivity contribution in [1.82, 2.24) is 10.2 Å². The lowest BCUT2D eigenvalue weighted by atomic mass is 10.2. The zero-order valence-electron chi connectivity index (χ0n) is 10.9. The number of carbonyl (C=O) groups is 1. The molecule has 1 aliphatic rings. The molecule has 110 valence electrons. The lowest BCUT2D eigenvalue weighted by Crippen LogP contribution is -2.34. The molecule has 2 rings (SSSR count). The number of benzene rings is 1. The Hall–Kier alpha value is -1.76. The number of hydrogen-bond acceptors (Lipinski definition) is 3. The number of rotatable bonds is 3. The maximum absolute atomic E-state index is 12.3. The minimum Gasteiger partial charge on any atom is -0.405 e. The first kappa shape index (κ1) is 14.6. The van der Waals surface area contributed by atoms with Gasteiger partial charge in [0.1, 0.15) is 5.75 Å². The molecule has 0 spiro atoms. The van der Waals surface area contributed by atoms with E-state index in [4.69, 9.17) is 0 Å². The van der Waals surface area contributed by atoms with Crippen LogP contribution in [0.2, 0.25) is 0 Å². The van der Waals surface area contributed by atoms with Gasteiger partial charge in [-0.25, -0.2) is 0 Å². The van der Waals surface area contributed by atoms with Gasteiger partial charge in [-0.1, -0.05) is 12.1 Å². The van der Waals surface area contributed by atoms with Gasteiger partial charge in [0.25, 0.3) is 5.91 Å². The molecule has 0 aromatic heterocycles. The van der Waals surface area contributed by atoms with Crippen LogP contribution >= 0.6 is 0 Å². The predicted molar refractivity (Wildman–Crippen MR) is 66.5 cm³/mol. The summed E-state index contributed by atoms with van der Waals surface area (Å²) in [7, 11) is 1.79. The Bertz CT molecular complexity index is 491. The largest absolute Gasteiger partial charge is 0.573 e. The van der Waals surface area contributed by atoms with E-state index in [0.29, 0.717) is 13.1 Å². The summed E-state index contributed by atoms with van der Waals surface area (Å²) < 4.78 is 40.9. The number of halogens is 3. The topological polar surface area (TPSA) is 41.6 Å². The third-order valence-corrected chi connectivity index (χ3v) is 3.23. The van der Waals surface area contributed by atoms with Crippen molar-refractivity contribution in [3.8, 4) is 5.75 Å². The smallest absolute Gasteiger partial charge is 0.405 e. The summed E-state index contributed by atoms with van der Waals surface area (Å²) in [5, 5.41) is 3.05. The van der Waals surface area contributed by atoms with Crippen LogP contribution in [0.5, 0.6) is 5.75 Å². The molecule has 1 atom stereocenters. The molecular formula is C13H15F3N2O2. The van der Waals surface area contributed by atoms with Crippen molar-refractivity contribution >= 4 is 5.91 Å². The van der Waals surface area contributed by atoms with Crippen molar-refractivity contribution in [2.45, 2.75) is 18.8 Å². The van der Waals surface area contributed by atoms with E-state index in [-0.39, 0.29) is 11.6 Å². The molecule has 7 heteroatoms. The molecule has 1 aromatic carbocycles. The minimum atomic E-state index is -4.81. The number of alkyl halides is 3. The number of likely N-dealkylation sites (tertiary alicyclic amines) is 1. The summed E-state index contributed by atoms with van der Waals surface area (Å²) in [6.45, 7) is 1.00. The zero-order chi connectivity index (χ0) is 14.8. The van der Waals surface area contributed by atoms with Gasteiger partial charge in [-0.3, -0.25) is 4.79 Å². The van der Waals surface area contributed by atoms with E-state index in [9.17, 15) is 18.0 Å². The SMILES string of the molecule is CN[C@H]1CCN(C(=O)c2ccccc2OC(F)(F)F)C1. The molecule has 20 heavy (non-hydrogen) atoms. The van der Waals surface area contributed by atoms with Crippen LogP contribution in [0.15, 0.2) is 24.3 Å². The van der Waals surface area contributed by atoms with Gasteiger partial charge < -0.3 is 15.0 Å². The number of ether oxygens (including phenoxy) is 1. The molecule has 1 amide bonds. The Labute approximate surface area is 114 Å². The van der Waals surface area contributed by atoms with Gasteiger partial charge in [0.05, 0.1) is 5.56 Å². The summed E-state index contributed by atoms with van der Waals surface area (Å²) in [5.41, 5.74) is -0.0680. The van der Waals surface area contributed by atoms with E-state index < -0.39 is 18.0 Å². The highest BCUT2D eigenvalue weighted by atomic mass is 19.4. The van der Waals surface area contributed by atoms with Gasteiger partial charge in [0, 0.05) is 19.1 Å². The number of para-hydroxylation sites is 1. The number of likely N-dealkylation sites (N-methyl/N-ethyl adjacent to an activating group) is 1. The highest BCUT2D eigenvalue weighted by molar-refractivity contribution is 5.97. The Morgan fingerprint density at radius 3 is 2.70 bits per heavy atom. The number of nitrogens with one attached hydrogen (secondary N) is 1. The summed E-state index contributed by atoms with van der Waals surface area (Å²) in [6.07, 6.45) is -4.03. The molecule has 0 saturated carbocycles. The molecule has 4 nitrogen and oxygen atoms in total. The van der Waals surface area contributed by atoms with Gasteiger partial charge in [-0.15, -0.1) is 13.2 Å². The van der Waals surface area contributed by atoms with Crippen LogP contribution in [-0.4, -0.2) is 43.3 Å². The molecule has 1 heterocycles. The van der Waals surface area contributed by atoms with E-state index in [0.717, 1.165) is 12.5 Å². The fourth-order valence-electron chi connectivity index (χ4n) is 2.21. The van der Waals surface area contributed by atoms with Crippen LogP contribution in [0.3, 0.4) is 0 Å². The average Bonchev–Trinajstić information content (AvgIpc) is 2.85. The van der Waals surface area contributed by atoms with E-state index in [2.05, 4.69) is 10.1 Å². The Morgan fingerprint density at radius 2 is 2.10 bits per heavy atom. The van der Waals surface area contributed by atoms with E-state index in [1.165, 1.54) is 23.1 Å². The molecule has 0 aliphatic carbocycles. The number of nitrogens with zero attached hydrogens (tertiary/aromatic N) is 1. The monoisotopic (exact) mass is 288 g/mol. The lowest BCUT2D eigenvalue weighted by Gasteiger charge is -2.19. The van der Waals surface area contributed by atoms with Gasteiger partial charge >= 0.3 is 6.36 Å². The standard InChI is InChI=1S/C13H15F3N2O2/c1-17-9-6-7-18(8-9)12(19)10-4-2-3-5-11(10)20-13(14,15)16/h2-5,9,17H,6-8H2,1H3/t9-/m0/s1. The highest BCUT2D eigenvalue weighted by Crippen LogP contribution is 2.27. The third kappa shape index (κ3) is 3.41. The van der Waals surface area contributed by atoms with Gasteiger partial charge in [0.15, 0.2) is 0 Å². The summed E-state index contributed by atoms with van der Waals surface area (Å²) in [5.74, 6) is -0.902. The Balaban J connectivity index is 2.18. The average molecular weight is 288 g/mol. The molecule has 1 saturated heterocycles. The molecule has 0 unspecified atom stereocenters. The van der Waals surface area contributed by atoms with Crippen molar-refractivity contribution in [1.29, 1.82) is 0 Å². The van der Waals surface area contributed by atoms with Crippen LogP contribution in [0.25, 0.3) is 0 Å². The van der Waals surface area contributed by atoms with E-state index in [1.807, 2.05) is 0 Å². The van der Waals surface area contributed by atoms with Gasteiger partial charge in [-0.05, 0) is 25.6 Å². The lowest BCUT2D eigenvalue weighted by molar-refractivity contribution is -0.274. The van der Waals surface area contributed by atoms with Crippen molar-refractivity contribution in [2.75, 3.05) is 20.1 Å². The second kappa shape index (κ2) is 5.70. The predicted octanol–water partition coefficient (Wildman–Crippen LogP) is 2.02. The molecule has 1 N–H and O–H groups in total. The van der Waals surface area contributed by atoms with Crippen LogP contribution in [0.4, 0.5) is 13.2 Å². The molecule has 1 aliphatic heterocycles. The van der Waals surface area contributed by atoms with Crippen molar-refractivity contribution in [2.24, 2.45) is 0 Å². The van der Waals surface area contributed by atoms with Gasteiger partial charge in [-0.2, -0.15) is 0 Å². The molecule has 0 radical (unpaired) electrons. The molecule has 1 aromatic rings. The number of carbonyl (C=O) groups excluding carboxylic acids is 1. The summed E-state index contributed by atoms with van der Waals surface area (Å²) in [6, 6.07) is 5.58. The zero-order valence-corrected chi connectivity index (χ0v) is 10.9. The first-order chi connectivity index (χ1) is 9.40. The first-order valence-corrected chi connectivity index (χ1v) is 6.22. The van der Waals surface area contributed by atoms with Crippen molar-refractivity contribution < 1.29 is 22.7 Å². The minimum absolute atomic E-state index is 0.0680. The Morgan fingerprint density at radius 1 is 1.40 bits per heavy atom. The van der Waals surface area contributed by atoms with E-state index in [1.54, 1.807) is 7.05 Å². The third-order valence-electron chi connectivity index (χ3n) is 3.23. The highest BCUT2D eigenvalue weighted by Gasteiger charge is 2.34. The van der Waals surface area contributed by atoms with Crippen molar-refractivity contribution in [3.63, 3.8) is 0 Å². The Kier molecular flexibility index (Phi) is 4.17. The maximum Gasteiger partial charge on any atom is 0.573 e. The summed E-state index contributed by atoms with van der Waals surface area (Å²) >= 11 is 0. The van der Waals surface area contributed by atoms with Gasteiger partial charge in [0.2, 0.25) is 0 Å². The number of amides is 1. The summed E-state index contributed by atoms with van der Waals surface area (Å²) in [4.78, 5) is 13.8. The fraction of sp³-hybridized carbons (Fsp3) is 0.462.